The average Bonchev–Trinajstić information content (AvgIpc) is 2.25. The van der Waals surface area contributed by atoms with E-state index in [-0.39, 0.29) is 18.7 Å². The molecule has 0 aliphatic rings. The lowest BCUT2D eigenvalue weighted by molar-refractivity contribution is -0.305. The van der Waals surface area contributed by atoms with Gasteiger partial charge in [-0.2, -0.15) is 0 Å². The van der Waals surface area contributed by atoms with Crippen LogP contribution in [0.4, 0.5) is 0 Å². The smallest absolute Gasteiger partial charge is 0.220 e. The van der Waals surface area contributed by atoms with Crippen LogP contribution in [0.3, 0.4) is 0 Å². The second kappa shape index (κ2) is 5.74. The van der Waals surface area contributed by atoms with E-state index >= 15 is 0 Å². The molecule has 0 saturated heterocycles. The normalized spacial score (nSPS) is 9.60. The minimum Gasteiger partial charge on any atom is -0.550 e. The van der Waals surface area contributed by atoms with Crippen molar-refractivity contribution in [2.75, 3.05) is 0 Å². The van der Waals surface area contributed by atoms with Gasteiger partial charge in [0.1, 0.15) is 0 Å². The maximum atomic E-state index is 11.1. The van der Waals surface area contributed by atoms with Gasteiger partial charge in [0.05, 0.1) is 0 Å². The first-order chi connectivity index (χ1) is 7.18. The number of carbonyl (C=O) groups is 2. The lowest BCUT2D eigenvalue weighted by Gasteiger charge is -2.05. The van der Waals surface area contributed by atoms with Gasteiger partial charge >= 0.3 is 0 Å². The predicted molar refractivity (Wildman–Crippen MR) is 50.3 cm³/mol. The largest absolute Gasteiger partial charge is 0.550 e. The molecular formula is C10H11N2O3-. The van der Waals surface area contributed by atoms with Gasteiger partial charge in [-0.15, -0.1) is 0 Å². The number of aliphatic carboxylic acids is 1. The molecule has 0 unspecified atom stereocenters. The van der Waals surface area contributed by atoms with Crippen molar-refractivity contribution in [1.82, 2.24) is 10.3 Å². The van der Waals surface area contributed by atoms with Crippen molar-refractivity contribution in [3.8, 4) is 0 Å². The standard InChI is InChI=1S/C10H12N2O3/c13-9(3-4-10(14)15)12-7-8-2-1-5-11-6-8/h1-2,5-6H,3-4,7H2,(H,12,13)(H,14,15)/p-1. The van der Waals surface area contributed by atoms with Crippen LogP contribution in [0.15, 0.2) is 24.5 Å². The molecule has 1 aromatic heterocycles. The molecule has 0 aliphatic heterocycles. The van der Waals surface area contributed by atoms with Crippen molar-refractivity contribution in [1.29, 1.82) is 0 Å². The Hall–Kier alpha value is -1.91. The summed E-state index contributed by atoms with van der Waals surface area (Å²) in [5.41, 5.74) is 0.874. The highest BCUT2D eigenvalue weighted by molar-refractivity contribution is 5.79. The first-order valence-electron chi connectivity index (χ1n) is 4.54. The van der Waals surface area contributed by atoms with Gasteiger partial charge in [-0.25, -0.2) is 0 Å². The van der Waals surface area contributed by atoms with Gasteiger partial charge in [0.15, 0.2) is 0 Å². The Bertz CT molecular complexity index is 338. The summed E-state index contributed by atoms with van der Waals surface area (Å²) in [7, 11) is 0. The summed E-state index contributed by atoms with van der Waals surface area (Å²) in [5.74, 6) is -1.52. The van der Waals surface area contributed by atoms with Crippen LogP contribution < -0.4 is 10.4 Å². The average molecular weight is 207 g/mol. The van der Waals surface area contributed by atoms with E-state index in [2.05, 4.69) is 10.3 Å². The van der Waals surface area contributed by atoms with Gasteiger partial charge in [-0.05, 0) is 18.1 Å². The van der Waals surface area contributed by atoms with Gasteiger partial charge < -0.3 is 15.2 Å². The summed E-state index contributed by atoms with van der Waals surface area (Å²) in [6, 6.07) is 3.59. The Morgan fingerprint density at radius 1 is 1.40 bits per heavy atom. The lowest BCUT2D eigenvalue weighted by atomic mass is 10.2. The molecule has 0 radical (unpaired) electrons. The molecule has 0 bridgehead atoms. The van der Waals surface area contributed by atoms with Gasteiger partial charge in [-0.3, -0.25) is 9.78 Å². The maximum absolute atomic E-state index is 11.1. The molecule has 0 aliphatic carbocycles. The number of amides is 1. The number of hydrogen-bond donors (Lipinski definition) is 1. The number of carbonyl (C=O) groups excluding carboxylic acids is 2. The van der Waals surface area contributed by atoms with E-state index < -0.39 is 5.97 Å². The molecule has 5 heteroatoms. The minimum atomic E-state index is -1.22. The van der Waals surface area contributed by atoms with E-state index in [9.17, 15) is 14.7 Å². The number of nitrogens with zero attached hydrogens (tertiary/aromatic N) is 1. The SMILES string of the molecule is O=C([O-])CCC(=O)NCc1cccnc1. The van der Waals surface area contributed by atoms with E-state index in [1.54, 1.807) is 18.5 Å². The molecule has 1 rings (SSSR count). The quantitative estimate of drug-likeness (QED) is 0.687. The van der Waals surface area contributed by atoms with Crippen LogP contribution in [0.2, 0.25) is 0 Å². The molecule has 0 atom stereocenters. The maximum Gasteiger partial charge on any atom is 0.220 e. The second-order valence-electron chi connectivity index (χ2n) is 3.01. The number of nitrogens with one attached hydrogen (secondary N) is 1. The second-order valence-corrected chi connectivity index (χ2v) is 3.01. The van der Waals surface area contributed by atoms with E-state index in [4.69, 9.17) is 0 Å². The van der Waals surface area contributed by atoms with Gasteiger partial charge in [-0.1, -0.05) is 6.07 Å². The molecule has 80 valence electrons. The summed E-state index contributed by atoms with van der Waals surface area (Å²) < 4.78 is 0. The van der Waals surface area contributed by atoms with Crippen LogP contribution in [0.1, 0.15) is 18.4 Å². The lowest BCUT2D eigenvalue weighted by Crippen LogP contribution is -2.27. The van der Waals surface area contributed by atoms with E-state index in [0.717, 1.165) is 5.56 Å². The fraction of sp³-hybridized carbons (Fsp3) is 0.300. The zero-order chi connectivity index (χ0) is 11.1. The monoisotopic (exact) mass is 207 g/mol. The summed E-state index contributed by atoms with van der Waals surface area (Å²) in [5, 5.41) is 12.7. The van der Waals surface area contributed by atoms with Crippen LogP contribution in [0.25, 0.3) is 0 Å². The Balaban J connectivity index is 2.26. The molecule has 0 fully saturated rings. The van der Waals surface area contributed by atoms with E-state index in [1.807, 2.05) is 6.07 Å². The third-order valence-corrected chi connectivity index (χ3v) is 1.77. The van der Waals surface area contributed by atoms with Crippen molar-refractivity contribution in [2.45, 2.75) is 19.4 Å². The first-order valence-corrected chi connectivity index (χ1v) is 4.54. The fourth-order valence-electron chi connectivity index (χ4n) is 1.01. The number of rotatable bonds is 5. The Labute approximate surface area is 87.1 Å². The Morgan fingerprint density at radius 2 is 2.20 bits per heavy atom. The Kier molecular flexibility index (Phi) is 4.28. The molecule has 0 saturated carbocycles. The Morgan fingerprint density at radius 3 is 2.80 bits per heavy atom. The molecular weight excluding hydrogens is 196 g/mol. The number of carboxylic acid groups (broad SMARTS) is 1. The summed E-state index contributed by atoms with van der Waals surface area (Å²) in [4.78, 5) is 25.1. The zero-order valence-corrected chi connectivity index (χ0v) is 8.10. The van der Waals surface area contributed by atoms with Crippen molar-refractivity contribution >= 4 is 11.9 Å². The van der Waals surface area contributed by atoms with Crippen molar-refractivity contribution in [3.05, 3.63) is 30.1 Å². The van der Waals surface area contributed by atoms with Crippen LogP contribution in [-0.4, -0.2) is 16.9 Å². The third-order valence-electron chi connectivity index (χ3n) is 1.77. The number of carboxylic acids is 1. The zero-order valence-electron chi connectivity index (χ0n) is 8.10. The number of pyridine rings is 1. The molecule has 1 heterocycles. The van der Waals surface area contributed by atoms with Gasteiger partial charge in [0, 0.05) is 31.3 Å². The van der Waals surface area contributed by atoms with Gasteiger partial charge in [0.25, 0.3) is 0 Å². The molecule has 0 aromatic carbocycles. The third kappa shape index (κ3) is 4.75. The highest BCUT2D eigenvalue weighted by Crippen LogP contribution is 1.95. The first kappa shape index (κ1) is 11.2. The van der Waals surface area contributed by atoms with Crippen LogP contribution >= 0.6 is 0 Å². The molecule has 5 nitrogen and oxygen atoms in total. The van der Waals surface area contributed by atoms with Crippen molar-refractivity contribution in [2.24, 2.45) is 0 Å². The molecule has 0 spiro atoms. The summed E-state index contributed by atoms with van der Waals surface area (Å²) >= 11 is 0. The summed E-state index contributed by atoms with van der Waals surface area (Å²) in [6.45, 7) is 0.361. The molecule has 15 heavy (non-hydrogen) atoms. The molecule has 1 aromatic rings. The topological polar surface area (TPSA) is 82.1 Å². The van der Waals surface area contributed by atoms with Crippen LogP contribution in [-0.2, 0) is 16.1 Å². The highest BCUT2D eigenvalue weighted by atomic mass is 16.4. The fourth-order valence-corrected chi connectivity index (χ4v) is 1.01. The van der Waals surface area contributed by atoms with Crippen molar-refractivity contribution in [3.63, 3.8) is 0 Å². The van der Waals surface area contributed by atoms with Crippen LogP contribution in [0, 0.1) is 0 Å². The molecule has 1 N–H and O–H groups in total. The number of hydrogen-bond acceptors (Lipinski definition) is 4. The highest BCUT2D eigenvalue weighted by Gasteiger charge is 2.00. The van der Waals surface area contributed by atoms with Crippen LogP contribution in [0.5, 0.6) is 0 Å². The molecule has 1 amide bonds. The van der Waals surface area contributed by atoms with Crippen molar-refractivity contribution < 1.29 is 14.7 Å². The van der Waals surface area contributed by atoms with Gasteiger partial charge in [0.2, 0.25) is 5.91 Å². The summed E-state index contributed by atoms with van der Waals surface area (Å²) in [6.07, 6.45) is 2.97. The minimum absolute atomic E-state index is 0.0530. The number of aromatic nitrogens is 1. The van der Waals surface area contributed by atoms with E-state index in [1.165, 1.54) is 0 Å². The van der Waals surface area contributed by atoms with E-state index in [0.29, 0.717) is 6.54 Å². The predicted octanol–water partition coefficient (Wildman–Crippen LogP) is -0.772.